The summed E-state index contributed by atoms with van der Waals surface area (Å²) >= 11 is 2.69. The molecule has 1 aromatic carbocycles. The summed E-state index contributed by atoms with van der Waals surface area (Å²) in [4.78, 5) is 25.5. The highest BCUT2D eigenvalue weighted by Crippen LogP contribution is 2.33. The maximum Gasteiger partial charge on any atom is 0.348 e. The molecule has 0 spiro atoms. The first-order valence-electron chi connectivity index (χ1n) is 7.17. The van der Waals surface area contributed by atoms with Crippen LogP contribution in [0.15, 0.2) is 29.2 Å². The molecule has 0 bridgehead atoms. The standard InChI is InChI=1S/C17H16N2O3S2/c1-4-23-12-7-5-6-11(8-12)15(20)19-16-13(9-18)10(2)14(24-16)17(21)22-3/h5-8H,4H2,1-3H3,(H,19,20). The maximum atomic E-state index is 12.5. The average molecular weight is 360 g/mol. The van der Waals surface area contributed by atoms with Crippen molar-refractivity contribution in [3.63, 3.8) is 0 Å². The molecule has 0 saturated carbocycles. The largest absolute Gasteiger partial charge is 0.465 e. The first-order valence-corrected chi connectivity index (χ1v) is 8.98. The second-order valence-corrected chi connectivity index (χ2v) is 7.14. The molecule has 0 aliphatic rings. The van der Waals surface area contributed by atoms with Crippen molar-refractivity contribution in [3.8, 4) is 6.07 Å². The van der Waals surface area contributed by atoms with E-state index in [1.807, 2.05) is 25.1 Å². The number of thiophene rings is 1. The van der Waals surface area contributed by atoms with Gasteiger partial charge in [-0.15, -0.1) is 23.1 Å². The number of nitrogens with zero attached hydrogens (tertiary/aromatic N) is 1. The van der Waals surface area contributed by atoms with Gasteiger partial charge in [-0.05, 0) is 36.4 Å². The molecule has 1 amide bonds. The number of hydrogen-bond donors (Lipinski definition) is 1. The molecular weight excluding hydrogens is 344 g/mol. The van der Waals surface area contributed by atoms with Gasteiger partial charge in [0.1, 0.15) is 15.9 Å². The number of benzene rings is 1. The van der Waals surface area contributed by atoms with Crippen LogP contribution in [0.3, 0.4) is 0 Å². The van der Waals surface area contributed by atoms with Gasteiger partial charge in [0, 0.05) is 10.5 Å². The van der Waals surface area contributed by atoms with Crippen LogP contribution in [0.4, 0.5) is 5.00 Å². The summed E-state index contributed by atoms with van der Waals surface area (Å²) in [5.41, 5.74) is 1.30. The van der Waals surface area contributed by atoms with Gasteiger partial charge in [0.15, 0.2) is 0 Å². The lowest BCUT2D eigenvalue weighted by Gasteiger charge is -2.05. The number of ether oxygens (including phenoxy) is 1. The molecule has 1 aromatic heterocycles. The van der Waals surface area contributed by atoms with E-state index in [0.29, 0.717) is 21.0 Å². The molecule has 0 radical (unpaired) electrons. The van der Waals surface area contributed by atoms with E-state index >= 15 is 0 Å². The normalized spacial score (nSPS) is 10.1. The highest BCUT2D eigenvalue weighted by Gasteiger charge is 2.22. The Bertz CT molecular complexity index is 822. The number of esters is 1. The number of amides is 1. The Balaban J connectivity index is 2.31. The van der Waals surface area contributed by atoms with Gasteiger partial charge in [0.05, 0.1) is 12.7 Å². The van der Waals surface area contributed by atoms with Crippen LogP contribution in [-0.2, 0) is 4.74 Å². The van der Waals surface area contributed by atoms with Crippen LogP contribution in [0.25, 0.3) is 0 Å². The lowest BCUT2D eigenvalue weighted by atomic mass is 10.1. The van der Waals surface area contributed by atoms with E-state index in [1.165, 1.54) is 7.11 Å². The summed E-state index contributed by atoms with van der Waals surface area (Å²) < 4.78 is 4.71. The predicted molar refractivity (Wildman–Crippen MR) is 95.9 cm³/mol. The van der Waals surface area contributed by atoms with Gasteiger partial charge >= 0.3 is 5.97 Å². The number of carbonyl (C=O) groups is 2. The number of hydrogen-bond acceptors (Lipinski definition) is 6. The fourth-order valence-corrected chi connectivity index (χ4v) is 3.88. The van der Waals surface area contributed by atoms with Gasteiger partial charge in [-0.3, -0.25) is 4.79 Å². The van der Waals surface area contributed by atoms with Gasteiger partial charge in [-0.1, -0.05) is 13.0 Å². The SMILES string of the molecule is CCSc1cccc(C(=O)Nc2sc(C(=O)OC)c(C)c2C#N)c1. The Kier molecular flexibility index (Phi) is 6.01. The van der Waals surface area contributed by atoms with Gasteiger partial charge in [0.2, 0.25) is 0 Å². The van der Waals surface area contributed by atoms with Crippen LogP contribution in [0, 0.1) is 18.3 Å². The third-order valence-corrected chi connectivity index (χ3v) is 5.33. The van der Waals surface area contributed by atoms with Crippen molar-refractivity contribution >= 4 is 40.0 Å². The van der Waals surface area contributed by atoms with E-state index in [0.717, 1.165) is 22.0 Å². The quantitative estimate of drug-likeness (QED) is 0.642. The minimum atomic E-state index is -0.518. The number of nitriles is 1. The Morgan fingerprint density at radius 3 is 2.79 bits per heavy atom. The summed E-state index contributed by atoms with van der Waals surface area (Å²) in [6, 6.07) is 9.31. The summed E-state index contributed by atoms with van der Waals surface area (Å²) in [7, 11) is 1.28. The van der Waals surface area contributed by atoms with E-state index in [2.05, 4.69) is 5.32 Å². The average Bonchev–Trinajstić information content (AvgIpc) is 2.90. The van der Waals surface area contributed by atoms with Gasteiger partial charge in [-0.25, -0.2) is 4.79 Å². The Labute approximate surface area is 148 Å². The molecular formula is C17H16N2O3S2. The number of carbonyl (C=O) groups excluding carboxylic acids is 2. The highest BCUT2D eigenvalue weighted by molar-refractivity contribution is 7.99. The third kappa shape index (κ3) is 3.78. The molecule has 0 atom stereocenters. The van der Waals surface area contributed by atoms with Crippen LogP contribution in [0.2, 0.25) is 0 Å². The summed E-state index contributed by atoms with van der Waals surface area (Å²) in [6.07, 6.45) is 0. The number of rotatable bonds is 5. The molecule has 24 heavy (non-hydrogen) atoms. The van der Waals surface area contributed by atoms with Crippen molar-refractivity contribution in [2.24, 2.45) is 0 Å². The second-order valence-electron chi connectivity index (χ2n) is 4.78. The number of nitrogens with one attached hydrogen (secondary N) is 1. The molecule has 0 fully saturated rings. The first kappa shape index (κ1) is 18.0. The minimum absolute atomic E-state index is 0.285. The van der Waals surface area contributed by atoms with E-state index in [9.17, 15) is 14.9 Å². The third-order valence-electron chi connectivity index (χ3n) is 3.26. The van der Waals surface area contributed by atoms with E-state index in [4.69, 9.17) is 4.74 Å². The van der Waals surface area contributed by atoms with E-state index < -0.39 is 5.97 Å². The molecule has 2 rings (SSSR count). The van der Waals surface area contributed by atoms with Crippen LogP contribution < -0.4 is 5.32 Å². The van der Waals surface area contributed by atoms with Crippen LogP contribution in [0.5, 0.6) is 0 Å². The Morgan fingerprint density at radius 2 is 2.17 bits per heavy atom. The Morgan fingerprint density at radius 1 is 1.42 bits per heavy atom. The Hall–Kier alpha value is -2.30. The van der Waals surface area contributed by atoms with Gasteiger partial charge < -0.3 is 10.1 Å². The summed E-state index contributed by atoms with van der Waals surface area (Å²) in [5, 5.41) is 12.4. The van der Waals surface area contributed by atoms with Crippen LogP contribution >= 0.6 is 23.1 Å². The first-order chi connectivity index (χ1) is 11.5. The second kappa shape index (κ2) is 7.99. The molecule has 1 heterocycles. The smallest absolute Gasteiger partial charge is 0.348 e. The van der Waals surface area contributed by atoms with Crippen molar-refractivity contribution in [1.82, 2.24) is 0 Å². The molecule has 0 aliphatic carbocycles. The van der Waals surface area contributed by atoms with E-state index in [-0.39, 0.29) is 11.5 Å². The topological polar surface area (TPSA) is 79.2 Å². The van der Waals surface area contributed by atoms with Gasteiger partial charge in [-0.2, -0.15) is 5.26 Å². The maximum absolute atomic E-state index is 12.5. The number of thioether (sulfide) groups is 1. The monoisotopic (exact) mass is 360 g/mol. The summed E-state index contributed by atoms with van der Waals surface area (Å²) in [6.45, 7) is 3.70. The lowest BCUT2D eigenvalue weighted by molar-refractivity contribution is 0.0605. The van der Waals surface area contributed by atoms with Crippen molar-refractivity contribution in [3.05, 3.63) is 45.8 Å². The highest BCUT2D eigenvalue weighted by atomic mass is 32.2. The zero-order valence-electron chi connectivity index (χ0n) is 13.5. The fraction of sp³-hybridized carbons (Fsp3) is 0.235. The lowest BCUT2D eigenvalue weighted by Crippen LogP contribution is -2.11. The zero-order chi connectivity index (χ0) is 17.7. The molecule has 124 valence electrons. The minimum Gasteiger partial charge on any atom is -0.465 e. The van der Waals surface area contributed by atoms with Crippen molar-refractivity contribution in [2.75, 3.05) is 18.2 Å². The van der Waals surface area contributed by atoms with Gasteiger partial charge in [0.25, 0.3) is 5.91 Å². The zero-order valence-corrected chi connectivity index (χ0v) is 15.1. The van der Waals surface area contributed by atoms with Crippen molar-refractivity contribution in [1.29, 1.82) is 5.26 Å². The predicted octanol–water partition coefficient (Wildman–Crippen LogP) is 4.08. The fourth-order valence-electron chi connectivity index (χ4n) is 2.09. The molecule has 0 unspecified atom stereocenters. The molecule has 7 heteroatoms. The van der Waals surface area contributed by atoms with Crippen molar-refractivity contribution in [2.45, 2.75) is 18.7 Å². The molecule has 0 aliphatic heterocycles. The summed E-state index contributed by atoms with van der Waals surface area (Å²) in [5.74, 6) is 0.0783. The molecule has 2 aromatic rings. The molecule has 1 N–H and O–H groups in total. The van der Waals surface area contributed by atoms with Crippen LogP contribution in [-0.4, -0.2) is 24.7 Å². The number of anilines is 1. The number of methoxy groups -OCH3 is 1. The molecule has 5 nitrogen and oxygen atoms in total. The van der Waals surface area contributed by atoms with E-state index in [1.54, 1.807) is 30.8 Å². The van der Waals surface area contributed by atoms with Crippen molar-refractivity contribution < 1.29 is 14.3 Å². The molecule has 0 saturated heterocycles. The van der Waals surface area contributed by atoms with Crippen LogP contribution in [0.1, 0.15) is 38.1 Å².